The largest absolute Gasteiger partial charge is 0.492 e. The van der Waals surface area contributed by atoms with Gasteiger partial charge in [0, 0.05) is 17.7 Å². The molecule has 0 radical (unpaired) electrons. The third-order valence-electron chi connectivity index (χ3n) is 4.25. The number of carbonyl (C=O) groups excluding carboxylic acids is 2. The van der Waals surface area contributed by atoms with Crippen LogP contribution in [0.3, 0.4) is 0 Å². The quantitative estimate of drug-likeness (QED) is 0.510. The van der Waals surface area contributed by atoms with Crippen molar-refractivity contribution in [3.05, 3.63) is 95.6 Å². The summed E-state index contributed by atoms with van der Waals surface area (Å²) >= 11 is 5.22. The van der Waals surface area contributed by atoms with Gasteiger partial charge in [0.25, 0.3) is 5.91 Å². The van der Waals surface area contributed by atoms with E-state index in [0.29, 0.717) is 29.2 Å². The molecule has 3 aromatic carbocycles. The Balaban J connectivity index is 1.60. The molecular formula is C23H21N3O3S. The van der Waals surface area contributed by atoms with Crippen molar-refractivity contribution in [1.82, 2.24) is 5.32 Å². The summed E-state index contributed by atoms with van der Waals surface area (Å²) in [4.78, 5) is 24.0. The van der Waals surface area contributed by atoms with Gasteiger partial charge in [0.1, 0.15) is 5.75 Å². The van der Waals surface area contributed by atoms with Gasteiger partial charge in [0.15, 0.2) is 5.11 Å². The zero-order valence-corrected chi connectivity index (χ0v) is 16.9. The van der Waals surface area contributed by atoms with Gasteiger partial charge < -0.3 is 15.8 Å². The maximum atomic E-state index is 12.7. The highest BCUT2D eigenvalue weighted by atomic mass is 32.1. The molecule has 0 unspecified atom stereocenters. The summed E-state index contributed by atoms with van der Waals surface area (Å²) < 4.78 is 5.83. The van der Waals surface area contributed by atoms with E-state index >= 15 is 0 Å². The normalized spacial score (nSPS) is 10.1. The van der Waals surface area contributed by atoms with Crippen molar-refractivity contribution in [3.8, 4) is 5.75 Å². The van der Waals surface area contributed by atoms with E-state index in [1.807, 2.05) is 30.3 Å². The lowest BCUT2D eigenvalue weighted by Gasteiger charge is -2.13. The molecule has 0 aliphatic carbocycles. The Kier molecular flexibility index (Phi) is 7.13. The molecule has 30 heavy (non-hydrogen) atoms. The van der Waals surface area contributed by atoms with Crippen LogP contribution >= 0.6 is 12.2 Å². The number of nitrogens with one attached hydrogen (secondary N) is 2. The van der Waals surface area contributed by atoms with Gasteiger partial charge in [-0.15, -0.1) is 0 Å². The Morgan fingerprint density at radius 2 is 1.67 bits per heavy atom. The number of para-hydroxylation sites is 1. The SMILES string of the molecule is NC(=O)c1cccc(NC(=S)NC(=O)c2ccccc2OCCc2ccccc2)c1. The molecule has 0 atom stereocenters. The number of nitrogens with two attached hydrogens (primary N) is 1. The Bertz CT molecular complexity index is 1050. The number of primary amides is 1. The minimum Gasteiger partial charge on any atom is -0.492 e. The summed E-state index contributed by atoms with van der Waals surface area (Å²) in [6.45, 7) is 0.441. The van der Waals surface area contributed by atoms with Crippen molar-refractivity contribution in [2.45, 2.75) is 6.42 Å². The highest BCUT2D eigenvalue weighted by Crippen LogP contribution is 2.18. The Morgan fingerprint density at radius 1 is 0.933 bits per heavy atom. The first kappa shape index (κ1) is 21.0. The van der Waals surface area contributed by atoms with Crippen LogP contribution in [-0.2, 0) is 6.42 Å². The van der Waals surface area contributed by atoms with Crippen LogP contribution in [0.25, 0.3) is 0 Å². The molecule has 0 aliphatic rings. The van der Waals surface area contributed by atoms with E-state index in [-0.39, 0.29) is 5.11 Å². The maximum absolute atomic E-state index is 12.7. The second kappa shape index (κ2) is 10.2. The minimum atomic E-state index is -0.546. The molecule has 6 nitrogen and oxygen atoms in total. The number of amides is 2. The molecule has 3 rings (SSSR count). The van der Waals surface area contributed by atoms with E-state index in [9.17, 15) is 9.59 Å². The highest BCUT2D eigenvalue weighted by molar-refractivity contribution is 7.80. The number of hydrogen-bond acceptors (Lipinski definition) is 4. The Labute approximate surface area is 180 Å². The summed E-state index contributed by atoms with van der Waals surface area (Å²) in [5, 5.41) is 5.60. The van der Waals surface area contributed by atoms with Gasteiger partial charge >= 0.3 is 0 Å². The van der Waals surface area contributed by atoms with E-state index in [1.54, 1.807) is 48.5 Å². The molecule has 0 saturated heterocycles. The van der Waals surface area contributed by atoms with Crippen molar-refractivity contribution in [2.24, 2.45) is 5.73 Å². The summed E-state index contributed by atoms with van der Waals surface area (Å²) in [6, 6.07) is 23.5. The van der Waals surface area contributed by atoms with Crippen LogP contribution in [0.15, 0.2) is 78.9 Å². The van der Waals surface area contributed by atoms with E-state index in [4.69, 9.17) is 22.7 Å². The van der Waals surface area contributed by atoms with E-state index in [1.165, 1.54) is 0 Å². The molecule has 2 amide bonds. The average molecular weight is 420 g/mol. The van der Waals surface area contributed by atoms with Crippen LogP contribution < -0.4 is 21.1 Å². The van der Waals surface area contributed by atoms with Crippen LogP contribution in [0.1, 0.15) is 26.3 Å². The minimum absolute atomic E-state index is 0.0979. The van der Waals surface area contributed by atoms with Gasteiger partial charge in [-0.25, -0.2) is 0 Å². The van der Waals surface area contributed by atoms with Gasteiger partial charge in [0.2, 0.25) is 5.91 Å². The fraction of sp³-hybridized carbons (Fsp3) is 0.0870. The lowest BCUT2D eigenvalue weighted by Crippen LogP contribution is -2.34. The van der Waals surface area contributed by atoms with Gasteiger partial charge in [-0.2, -0.15) is 0 Å². The van der Waals surface area contributed by atoms with Gasteiger partial charge in [-0.1, -0.05) is 48.5 Å². The number of thiocarbonyl (C=S) groups is 1. The zero-order valence-electron chi connectivity index (χ0n) is 16.1. The molecule has 4 N–H and O–H groups in total. The van der Waals surface area contributed by atoms with Crippen LogP contribution in [0.4, 0.5) is 5.69 Å². The third kappa shape index (κ3) is 5.89. The lowest BCUT2D eigenvalue weighted by molar-refractivity contribution is 0.0971. The van der Waals surface area contributed by atoms with E-state index in [0.717, 1.165) is 12.0 Å². The predicted octanol–water partition coefficient (Wildman–Crippen LogP) is 3.53. The van der Waals surface area contributed by atoms with Crippen LogP contribution in [0, 0.1) is 0 Å². The number of hydrogen-bond donors (Lipinski definition) is 3. The van der Waals surface area contributed by atoms with Crippen LogP contribution in [0.5, 0.6) is 5.75 Å². The van der Waals surface area contributed by atoms with E-state index < -0.39 is 11.8 Å². The number of rotatable bonds is 7. The van der Waals surface area contributed by atoms with Gasteiger partial charge in [-0.05, 0) is 48.1 Å². The lowest BCUT2D eigenvalue weighted by atomic mass is 10.1. The Morgan fingerprint density at radius 3 is 2.43 bits per heavy atom. The van der Waals surface area contributed by atoms with Crippen LogP contribution in [0.2, 0.25) is 0 Å². The molecular weight excluding hydrogens is 398 g/mol. The molecule has 0 aromatic heterocycles. The average Bonchev–Trinajstić information content (AvgIpc) is 2.75. The molecule has 0 fully saturated rings. The van der Waals surface area contributed by atoms with Crippen molar-refractivity contribution in [2.75, 3.05) is 11.9 Å². The van der Waals surface area contributed by atoms with Crippen molar-refractivity contribution in [3.63, 3.8) is 0 Å². The Hall–Kier alpha value is -3.71. The number of carbonyl (C=O) groups is 2. The third-order valence-corrected chi connectivity index (χ3v) is 4.46. The first-order valence-corrected chi connectivity index (χ1v) is 9.72. The number of anilines is 1. The maximum Gasteiger partial charge on any atom is 0.261 e. The second-order valence-corrected chi connectivity index (χ2v) is 6.84. The van der Waals surface area contributed by atoms with Crippen LogP contribution in [-0.4, -0.2) is 23.5 Å². The standard InChI is InChI=1S/C23H21N3O3S/c24-21(27)17-9-6-10-18(15-17)25-23(30)26-22(28)19-11-4-5-12-20(19)29-14-13-16-7-2-1-3-8-16/h1-12,15H,13-14H2,(H2,24,27)(H2,25,26,28,30). The molecule has 152 valence electrons. The van der Waals surface area contributed by atoms with Crippen molar-refractivity contribution >= 4 is 34.8 Å². The summed E-state index contributed by atoms with van der Waals surface area (Å²) in [6.07, 6.45) is 0.729. The second-order valence-electron chi connectivity index (χ2n) is 6.43. The zero-order chi connectivity index (χ0) is 21.3. The summed E-state index contributed by atoms with van der Waals surface area (Å²) in [5.74, 6) is -0.464. The molecule has 0 bridgehead atoms. The molecule has 0 aliphatic heterocycles. The first-order valence-electron chi connectivity index (χ1n) is 9.31. The molecule has 3 aromatic rings. The van der Waals surface area contributed by atoms with Gasteiger partial charge in [-0.3, -0.25) is 14.9 Å². The molecule has 7 heteroatoms. The fourth-order valence-electron chi connectivity index (χ4n) is 2.79. The monoisotopic (exact) mass is 419 g/mol. The fourth-order valence-corrected chi connectivity index (χ4v) is 3.00. The van der Waals surface area contributed by atoms with E-state index in [2.05, 4.69) is 10.6 Å². The number of ether oxygens (including phenoxy) is 1. The van der Waals surface area contributed by atoms with Crippen molar-refractivity contribution in [1.29, 1.82) is 0 Å². The predicted molar refractivity (Wildman–Crippen MR) is 121 cm³/mol. The highest BCUT2D eigenvalue weighted by Gasteiger charge is 2.14. The summed E-state index contributed by atoms with van der Waals surface area (Å²) in [5.41, 5.74) is 7.70. The molecule has 0 spiro atoms. The summed E-state index contributed by atoms with van der Waals surface area (Å²) in [7, 11) is 0. The smallest absolute Gasteiger partial charge is 0.261 e. The van der Waals surface area contributed by atoms with Crippen molar-refractivity contribution < 1.29 is 14.3 Å². The first-order chi connectivity index (χ1) is 14.5. The number of benzene rings is 3. The molecule has 0 heterocycles. The topological polar surface area (TPSA) is 93.5 Å². The molecule has 0 saturated carbocycles. The van der Waals surface area contributed by atoms with Gasteiger partial charge in [0.05, 0.1) is 12.2 Å².